The molecule has 0 fully saturated rings. The van der Waals surface area contributed by atoms with Crippen LogP contribution in [0.5, 0.6) is 5.75 Å². The molecule has 3 aromatic rings. The standard InChI is InChI=1S/C22H23ClN4O2S/c1-4-11-27-20(13-29-19-12-15(2)5-6-16(19)3)25-26-22(27)30-14-21(28)24-18-9-7-17(23)8-10-18/h4-10,12H,1,11,13-14H2,2-3H3,(H,24,28). The Morgan fingerprint density at radius 1 is 1.23 bits per heavy atom. The fourth-order valence-electron chi connectivity index (χ4n) is 2.71. The quantitative estimate of drug-likeness (QED) is 0.371. The van der Waals surface area contributed by atoms with Gasteiger partial charge in [-0.15, -0.1) is 16.8 Å². The summed E-state index contributed by atoms with van der Waals surface area (Å²) in [5, 5.41) is 12.6. The van der Waals surface area contributed by atoms with Gasteiger partial charge in [-0.05, 0) is 55.3 Å². The van der Waals surface area contributed by atoms with Crippen LogP contribution in [0.1, 0.15) is 17.0 Å². The molecular weight excluding hydrogens is 420 g/mol. The highest BCUT2D eigenvalue weighted by atomic mass is 35.5. The lowest BCUT2D eigenvalue weighted by atomic mass is 10.1. The fourth-order valence-corrected chi connectivity index (χ4v) is 3.60. The van der Waals surface area contributed by atoms with Gasteiger partial charge in [-0.25, -0.2) is 0 Å². The lowest BCUT2D eigenvalue weighted by Crippen LogP contribution is -2.15. The summed E-state index contributed by atoms with van der Waals surface area (Å²) in [6.07, 6.45) is 1.77. The molecule has 0 unspecified atom stereocenters. The van der Waals surface area contributed by atoms with E-state index in [9.17, 15) is 4.79 Å². The van der Waals surface area contributed by atoms with Gasteiger partial charge in [0.2, 0.25) is 5.91 Å². The molecule has 1 aromatic heterocycles. The third-order valence-corrected chi connectivity index (χ3v) is 5.48. The fraction of sp³-hybridized carbons (Fsp3) is 0.227. The molecule has 0 aliphatic rings. The van der Waals surface area contributed by atoms with Gasteiger partial charge in [0.15, 0.2) is 11.0 Å². The molecule has 8 heteroatoms. The number of carbonyl (C=O) groups is 1. The van der Waals surface area contributed by atoms with Crippen molar-refractivity contribution in [3.63, 3.8) is 0 Å². The zero-order valence-corrected chi connectivity index (χ0v) is 18.5. The first-order valence-corrected chi connectivity index (χ1v) is 10.7. The van der Waals surface area contributed by atoms with Crippen molar-refractivity contribution >= 4 is 35.0 Å². The number of allylic oxidation sites excluding steroid dienone is 1. The molecule has 0 radical (unpaired) electrons. The van der Waals surface area contributed by atoms with Gasteiger partial charge in [0.25, 0.3) is 0 Å². The van der Waals surface area contributed by atoms with E-state index in [-0.39, 0.29) is 18.3 Å². The van der Waals surface area contributed by atoms with E-state index >= 15 is 0 Å². The van der Waals surface area contributed by atoms with Gasteiger partial charge in [-0.2, -0.15) is 0 Å². The maximum absolute atomic E-state index is 12.3. The molecule has 0 aliphatic carbocycles. The third kappa shape index (κ3) is 5.87. The number of hydrogen-bond acceptors (Lipinski definition) is 5. The number of aryl methyl sites for hydroxylation is 2. The van der Waals surface area contributed by atoms with Crippen molar-refractivity contribution in [1.82, 2.24) is 14.8 Å². The van der Waals surface area contributed by atoms with Gasteiger partial charge in [0.1, 0.15) is 12.4 Å². The minimum atomic E-state index is -0.135. The molecular formula is C22H23ClN4O2S. The SMILES string of the molecule is C=CCn1c(COc2cc(C)ccc2C)nnc1SCC(=O)Nc1ccc(Cl)cc1. The molecule has 0 bridgehead atoms. The summed E-state index contributed by atoms with van der Waals surface area (Å²) in [4.78, 5) is 12.3. The Kier molecular flexibility index (Phi) is 7.54. The molecule has 1 amide bonds. The topological polar surface area (TPSA) is 69.0 Å². The molecule has 6 nitrogen and oxygen atoms in total. The Morgan fingerprint density at radius 3 is 2.73 bits per heavy atom. The Hall–Kier alpha value is -2.77. The van der Waals surface area contributed by atoms with Crippen molar-refractivity contribution in [3.05, 3.63) is 77.1 Å². The Balaban J connectivity index is 1.63. The van der Waals surface area contributed by atoms with Crippen LogP contribution in [0.2, 0.25) is 5.02 Å². The minimum Gasteiger partial charge on any atom is -0.485 e. The Morgan fingerprint density at radius 2 is 2.00 bits per heavy atom. The number of carbonyl (C=O) groups excluding carboxylic acids is 1. The molecule has 2 aromatic carbocycles. The van der Waals surface area contributed by atoms with Crippen LogP contribution >= 0.6 is 23.4 Å². The molecule has 0 aliphatic heterocycles. The van der Waals surface area contributed by atoms with Gasteiger partial charge in [0, 0.05) is 17.3 Å². The summed E-state index contributed by atoms with van der Waals surface area (Å²) in [6.45, 7) is 8.64. The van der Waals surface area contributed by atoms with Gasteiger partial charge in [-0.3, -0.25) is 9.36 Å². The van der Waals surface area contributed by atoms with E-state index in [2.05, 4.69) is 22.1 Å². The van der Waals surface area contributed by atoms with Gasteiger partial charge in [0.05, 0.1) is 5.75 Å². The van der Waals surface area contributed by atoms with E-state index in [1.807, 2.05) is 36.6 Å². The van der Waals surface area contributed by atoms with E-state index in [0.29, 0.717) is 28.2 Å². The third-order valence-electron chi connectivity index (χ3n) is 4.27. The molecule has 0 atom stereocenters. The van der Waals surface area contributed by atoms with E-state index in [1.54, 1.807) is 30.3 Å². The van der Waals surface area contributed by atoms with Gasteiger partial charge < -0.3 is 10.1 Å². The maximum Gasteiger partial charge on any atom is 0.234 e. The number of nitrogens with one attached hydrogen (secondary N) is 1. The summed E-state index contributed by atoms with van der Waals surface area (Å²) in [5.74, 6) is 1.57. The molecule has 0 saturated carbocycles. The molecule has 3 rings (SSSR count). The predicted molar refractivity (Wildman–Crippen MR) is 121 cm³/mol. The largest absolute Gasteiger partial charge is 0.485 e. The average Bonchev–Trinajstić information content (AvgIpc) is 3.11. The van der Waals surface area contributed by atoms with Crippen LogP contribution in [0.4, 0.5) is 5.69 Å². The zero-order valence-electron chi connectivity index (χ0n) is 16.9. The molecule has 0 saturated heterocycles. The number of thioether (sulfide) groups is 1. The number of anilines is 1. The van der Waals surface area contributed by atoms with Crippen LogP contribution in [-0.2, 0) is 17.9 Å². The lowest BCUT2D eigenvalue weighted by Gasteiger charge is -2.11. The number of halogens is 1. The minimum absolute atomic E-state index is 0.135. The summed E-state index contributed by atoms with van der Waals surface area (Å²) in [6, 6.07) is 13.1. The van der Waals surface area contributed by atoms with Crippen molar-refractivity contribution in [1.29, 1.82) is 0 Å². The summed E-state index contributed by atoms with van der Waals surface area (Å²) in [5.41, 5.74) is 2.88. The average molecular weight is 443 g/mol. The number of aromatic nitrogens is 3. The first-order chi connectivity index (χ1) is 14.5. The number of nitrogens with zero attached hydrogens (tertiary/aromatic N) is 3. The summed E-state index contributed by atoms with van der Waals surface area (Å²) >= 11 is 7.18. The van der Waals surface area contributed by atoms with E-state index in [0.717, 1.165) is 16.9 Å². The lowest BCUT2D eigenvalue weighted by molar-refractivity contribution is -0.113. The molecule has 30 heavy (non-hydrogen) atoms. The normalized spacial score (nSPS) is 10.6. The van der Waals surface area contributed by atoms with E-state index in [1.165, 1.54) is 11.8 Å². The number of hydrogen-bond donors (Lipinski definition) is 1. The second kappa shape index (κ2) is 10.3. The van der Waals surface area contributed by atoms with Crippen LogP contribution < -0.4 is 10.1 Å². The Labute approximate surface area is 185 Å². The number of benzene rings is 2. The van der Waals surface area contributed by atoms with Crippen molar-refractivity contribution in [2.45, 2.75) is 32.2 Å². The highest BCUT2D eigenvalue weighted by Crippen LogP contribution is 2.22. The second-order valence-electron chi connectivity index (χ2n) is 6.70. The molecule has 156 valence electrons. The number of amides is 1. The van der Waals surface area contributed by atoms with Crippen molar-refractivity contribution < 1.29 is 9.53 Å². The second-order valence-corrected chi connectivity index (χ2v) is 8.08. The first kappa shape index (κ1) is 21.9. The highest BCUT2D eigenvalue weighted by Gasteiger charge is 2.14. The van der Waals surface area contributed by atoms with Crippen molar-refractivity contribution in [2.75, 3.05) is 11.1 Å². The monoisotopic (exact) mass is 442 g/mol. The van der Waals surface area contributed by atoms with Crippen LogP contribution in [0, 0.1) is 13.8 Å². The maximum atomic E-state index is 12.3. The number of rotatable bonds is 9. The smallest absolute Gasteiger partial charge is 0.234 e. The van der Waals surface area contributed by atoms with Crippen molar-refractivity contribution in [2.24, 2.45) is 0 Å². The molecule has 1 N–H and O–H groups in total. The van der Waals surface area contributed by atoms with Crippen LogP contribution in [0.15, 0.2) is 60.3 Å². The number of ether oxygens (including phenoxy) is 1. The van der Waals surface area contributed by atoms with E-state index < -0.39 is 0 Å². The van der Waals surface area contributed by atoms with Gasteiger partial charge >= 0.3 is 0 Å². The van der Waals surface area contributed by atoms with Crippen LogP contribution in [0.25, 0.3) is 0 Å². The molecule has 1 heterocycles. The first-order valence-electron chi connectivity index (χ1n) is 9.37. The highest BCUT2D eigenvalue weighted by molar-refractivity contribution is 7.99. The molecule has 0 spiro atoms. The Bertz CT molecular complexity index is 1030. The zero-order chi connectivity index (χ0) is 21.5. The van der Waals surface area contributed by atoms with Crippen LogP contribution in [-0.4, -0.2) is 26.4 Å². The summed E-state index contributed by atoms with van der Waals surface area (Å²) < 4.78 is 7.86. The predicted octanol–water partition coefficient (Wildman–Crippen LogP) is 5.04. The summed E-state index contributed by atoms with van der Waals surface area (Å²) in [7, 11) is 0. The van der Waals surface area contributed by atoms with Crippen molar-refractivity contribution in [3.8, 4) is 5.75 Å². The van der Waals surface area contributed by atoms with Crippen LogP contribution in [0.3, 0.4) is 0 Å². The van der Waals surface area contributed by atoms with Gasteiger partial charge in [-0.1, -0.05) is 41.6 Å². The van der Waals surface area contributed by atoms with E-state index in [4.69, 9.17) is 16.3 Å².